The normalized spacial score (nSPS) is 11.2. The summed E-state index contributed by atoms with van der Waals surface area (Å²) in [5.41, 5.74) is 0. The highest BCUT2D eigenvalue weighted by atomic mass is 79.9. The molecule has 3 aromatic rings. The smallest absolute Gasteiger partial charge is 0.116 e. The molecule has 0 fully saturated rings. The van der Waals surface area contributed by atoms with E-state index in [0.717, 1.165) is 30.5 Å². The van der Waals surface area contributed by atoms with E-state index in [9.17, 15) is 5.11 Å². The van der Waals surface area contributed by atoms with Gasteiger partial charge in [0.2, 0.25) is 0 Å². The van der Waals surface area contributed by atoms with Crippen LogP contribution >= 0.6 is 31.9 Å². The molecule has 84 valence electrons. The Morgan fingerprint density at radius 2 is 1.24 bits per heavy atom. The van der Waals surface area contributed by atoms with E-state index in [1.165, 1.54) is 0 Å². The zero-order chi connectivity index (χ0) is 12.0. The maximum Gasteiger partial charge on any atom is 0.116 e. The van der Waals surface area contributed by atoms with Gasteiger partial charge in [-0.3, -0.25) is 0 Å². The van der Waals surface area contributed by atoms with Gasteiger partial charge in [-0.05, 0) is 66.2 Å². The Morgan fingerprint density at radius 1 is 0.706 bits per heavy atom. The van der Waals surface area contributed by atoms with Gasteiger partial charge in [-0.15, -0.1) is 0 Å². The lowest BCUT2D eigenvalue weighted by atomic mass is 10.0. The van der Waals surface area contributed by atoms with Crippen LogP contribution in [0.3, 0.4) is 0 Å². The topological polar surface area (TPSA) is 20.2 Å². The predicted octanol–water partition coefficient (Wildman–Crippen LogP) is 5.22. The molecule has 17 heavy (non-hydrogen) atoms. The first-order chi connectivity index (χ1) is 8.18. The fraction of sp³-hybridized carbons (Fsp3) is 0. The van der Waals surface area contributed by atoms with Crippen LogP contribution in [-0.2, 0) is 0 Å². The van der Waals surface area contributed by atoms with Gasteiger partial charge in [0.1, 0.15) is 5.75 Å². The highest BCUT2D eigenvalue weighted by molar-refractivity contribution is 9.11. The molecular formula is C14H8Br2O. The van der Waals surface area contributed by atoms with E-state index < -0.39 is 0 Å². The van der Waals surface area contributed by atoms with Crippen LogP contribution in [0.2, 0.25) is 0 Å². The van der Waals surface area contributed by atoms with Gasteiger partial charge in [-0.25, -0.2) is 0 Å². The minimum absolute atomic E-state index is 0.278. The van der Waals surface area contributed by atoms with Crippen LogP contribution in [0, 0.1) is 0 Å². The number of fused-ring (bicyclic) bond motifs is 2. The lowest BCUT2D eigenvalue weighted by Crippen LogP contribution is -1.82. The Labute approximate surface area is 115 Å². The number of phenolic OH excluding ortho intramolecular Hbond substituents is 1. The highest BCUT2D eigenvalue weighted by Gasteiger charge is 2.10. The van der Waals surface area contributed by atoms with E-state index in [0.29, 0.717) is 0 Å². The number of rotatable bonds is 0. The second-order valence-corrected chi connectivity index (χ2v) is 5.49. The van der Waals surface area contributed by atoms with Gasteiger partial charge in [0.25, 0.3) is 0 Å². The Balaban J connectivity index is 2.63. The van der Waals surface area contributed by atoms with Crippen molar-refractivity contribution in [1.29, 1.82) is 0 Å². The Kier molecular flexibility index (Phi) is 2.60. The van der Waals surface area contributed by atoms with Gasteiger partial charge in [-0.2, -0.15) is 0 Å². The molecule has 3 rings (SSSR count). The molecule has 0 aliphatic rings. The SMILES string of the molecule is Oc1ccc2c(Br)c3ccccc3c(Br)c2c1. The zero-order valence-electron chi connectivity index (χ0n) is 8.74. The van der Waals surface area contributed by atoms with Gasteiger partial charge >= 0.3 is 0 Å². The lowest BCUT2D eigenvalue weighted by Gasteiger charge is -2.09. The molecule has 3 aromatic carbocycles. The van der Waals surface area contributed by atoms with Gasteiger partial charge < -0.3 is 5.11 Å². The number of phenols is 1. The molecule has 0 aliphatic carbocycles. The largest absolute Gasteiger partial charge is 0.508 e. The molecule has 1 nitrogen and oxygen atoms in total. The summed E-state index contributed by atoms with van der Waals surface area (Å²) < 4.78 is 2.08. The van der Waals surface area contributed by atoms with E-state index >= 15 is 0 Å². The molecule has 3 heteroatoms. The fourth-order valence-corrected chi connectivity index (χ4v) is 3.43. The monoisotopic (exact) mass is 350 g/mol. The van der Waals surface area contributed by atoms with E-state index in [1.807, 2.05) is 18.2 Å². The van der Waals surface area contributed by atoms with Crippen molar-refractivity contribution in [2.45, 2.75) is 0 Å². The molecule has 0 saturated heterocycles. The van der Waals surface area contributed by atoms with Crippen LogP contribution in [0.1, 0.15) is 0 Å². The Bertz CT molecular complexity index is 735. The Hall–Kier alpha value is -1.06. The molecule has 0 bridgehead atoms. The molecule has 0 spiro atoms. The average Bonchev–Trinajstić information content (AvgIpc) is 2.36. The molecule has 0 saturated carbocycles. The quantitative estimate of drug-likeness (QED) is 0.550. The van der Waals surface area contributed by atoms with E-state index in [1.54, 1.807) is 12.1 Å². The molecule has 1 N–H and O–H groups in total. The van der Waals surface area contributed by atoms with Gasteiger partial charge in [0, 0.05) is 14.3 Å². The van der Waals surface area contributed by atoms with E-state index in [2.05, 4.69) is 44.0 Å². The molecule has 0 atom stereocenters. The third-order valence-corrected chi connectivity index (χ3v) is 4.58. The first-order valence-electron chi connectivity index (χ1n) is 5.17. The molecule has 0 unspecified atom stereocenters. The van der Waals surface area contributed by atoms with Gasteiger partial charge in [-0.1, -0.05) is 24.3 Å². The number of aromatic hydroxyl groups is 1. The predicted molar refractivity (Wildman–Crippen MR) is 78.5 cm³/mol. The zero-order valence-corrected chi connectivity index (χ0v) is 11.9. The summed E-state index contributed by atoms with van der Waals surface area (Å²) in [5, 5.41) is 14.0. The highest BCUT2D eigenvalue weighted by Crippen LogP contribution is 2.40. The molecule has 0 radical (unpaired) electrons. The maximum atomic E-state index is 9.58. The number of halogens is 2. The van der Waals surface area contributed by atoms with E-state index in [4.69, 9.17) is 0 Å². The summed E-state index contributed by atoms with van der Waals surface area (Å²) in [6, 6.07) is 13.6. The summed E-state index contributed by atoms with van der Waals surface area (Å²) in [5.74, 6) is 0.278. The van der Waals surface area contributed by atoms with Crippen molar-refractivity contribution >= 4 is 53.4 Å². The number of benzene rings is 3. The van der Waals surface area contributed by atoms with Crippen molar-refractivity contribution in [2.24, 2.45) is 0 Å². The number of hydrogen-bond donors (Lipinski definition) is 1. The van der Waals surface area contributed by atoms with Crippen molar-refractivity contribution in [1.82, 2.24) is 0 Å². The molecule has 0 amide bonds. The summed E-state index contributed by atoms with van der Waals surface area (Å²) in [6.45, 7) is 0. The van der Waals surface area contributed by atoms with Crippen LogP contribution in [0.4, 0.5) is 0 Å². The third kappa shape index (κ3) is 1.65. The van der Waals surface area contributed by atoms with Crippen LogP contribution in [0.25, 0.3) is 21.5 Å². The molecule has 0 aromatic heterocycles. The molecule has 0 heterocycles. The second kappa shape index (κ2) is 4.00. The van der Waals surface area contributed by atoms with Crippen molar-refractivity contribution in [3.63, 3.8) is 0 Å². The number of hydrogen-bond acceptors (Lipinski definition) is 1. The van der Waals surface area contributed by atoms with Crippen molar-refractivity contribution in [3.8, 4) is 5.75 Å². The van der Waals surface area contributed by atoms with Crippen LogP contribution in [-0.4, -0.2) is 5.11 Å². The van der Waals surface area contributed by atoms with E-state index in [-0.39, 0.29) is 5.75 Å². The summed E-state index contributed by atoms with van der Waals surface area (Å²) in [6.07, 6.45) is 0. The standard InChI is InChI=1S/C14H8Br2O/c15-13-9-3-1-2-4-10(9)14(16)12-7-8(17)5-6-11(12)13/h1-7,17H. The third-order valence-electron chi connectivity index (χ3n) is 2.88. The summed E-state index contributed by atoms with van der Waals surface area (Å²) >= 11 is 7.26. The summed E-state index contributed by atoms with van der Waals surface area (Å²) in [7, 11) is 0. The van der Waals surface area contributed by atoms with Crippen LogP contribution in [0.15, 0.2) is 51.4 Å². The first kappa shape index (κ1) is 11.1. The minimum atomic E-state index is 0.278. The van der Waals surface area contributed by atoms with Crippen molar-refractivity contribution in [2.75, 3.05) is 0 Å². The fourth-order valence-electron chi connectivity index (χ4n) is 2.06. The summed E-state index contributed by atoms with van der Waals surface area (Å²) in [4.78, 5) is 0. The minimum Gasteiger partial charge on any atom is -0.508 e. The average molecular weight is 352 g/mol. The lowest BCUT2D eigenvalue weighted by molar-refractivity contribution is 0.476. The first-order valence-corrected chi connectivity index (χ1v) is 6.75. The van der Waals surface area contributed by atoms with Crippen molar-refractivity contribution in [3.05, 3.63) is 51.4 Å². The van der Waals surface area contributed by atoms with Gasteiger partial charge in [0.05, 0.1) is 0 Å². The van der Waals surface area contributed by atoms with Gasteiger partial charge in [0.15, 0.2) is 0 Å². The Morgan fingerprint density at radius 3 is 1.88 bits per heavy atom. The van der Waals surface area contributed by atoms with Crippen molar-refractivity contribution < 1.29 is 5.11 Å². The van der Waals surface area contributed by atoms with Crippen LogP contribution < -0.4 is 0 Å². The molecule has 0 aliphatic heterocycles. The second-order valence-electron chi connectivity index (χ2n) is 3.90. The maximum absolute atomic E-state index is 9.58. The molecular weight excluding hydrogens is 344 g/mol. The van der Waals surface area contributed by atoms with Crippen LogP contribution in [0.5, 0.6) is 5.75 Å².